The van der Waals surface area contributed by atoms with Crippen LogP contribution in [-0.4, -0.2) is 33.0 Å². The molecule has 2 atom stereocenters. The summed E-state index contributed by atoms with van der Waals surface area (Å²) in [6, 6.07) is 5.85. The zero-order valence-electron chi connectivity index (χ0n) is 10.1. The maximum Gasteiger partial charge on any atom is 0.151 e. The van der Waals surface area contributed by atoms with E-state index in [1.807, 2.05) is 0 Å². The van der Waals surface area contributed by atoms with E-state index in [1.54, 1.807) is 12.1 Å². The molecule has 0 saturated heterocycles. The highest BCUT2D eigenvalue weighted by Gasteiger charge is 2.68. The fourth-order valence-electron chi connectivity index (χ4n) is 2.87. The van der Waals surface area contributed by atoms with Crippen molar-refractivity contribution in [3.05, 3.63) is 35.6 Å². The summed E-state index contributed by atoms with van der Waals surface area (Å²) in [4.78, 5) is 0. The Hall–Kier alpha value is -0.980. The largest absolute Gasteiger partial charge is 0.330 e. The van der Waals surface area contributed by atoms with Crippen LogP contribution >= 0.6 is 0 Å². The minimum absolute atomic E-state index is 0.212. The molecule has 1 fully saturated rings. The normalized spacial score (nSPS) is 26.0. The Kier molecular flexibility index (Phi) is 3.21. The van der Waals surface area contributed by atoms with E-state index in [-0.39, 0.29) is 24.8 Å². The molecular weight excluding hydrogens is 255 g/mol. The summed E-state index contributed by atoms with van der Waals surface area (Å²) in [5, 5.41) is -0.564. The molecule has 0 aromatic heterocycles. The molecule has 100 valence electrons. The first-order valence-electron chi connectivity index (χ1n) is 5.71. The molecule has 1 aliphatic carbocycles. The standard InChI is InChI=1S/C12H17FN2O2S/c1-18(16,17)11-10(12(11,6-14)7-15)8-2-4-9(13)5-3-8/h2-5,10-11H,6-7,14-15H2,1H3. The first kappa shape index (κ1) is 13.5. The lowest BCUT2D eigenvalue weighted by Crippen LogP contribution is -2.31. The van der Waals surface area contributed by atoms with Crippen molar-refractivity contribution in [3.8, 4) is 0 Å². The Morgan fingerprint density at radius 2 is 1.72 bits per heavy atom. The molecule has 0 bridgehead atoms. The highest BCUT2D eigenvalue weighted by molar-refractivity contribution is 7.91. The zero-order valence-corrected chi connectivity index (χ0v) is 11.0. The van der Waals surface area contributed by atoms with Crippen LogP contribution in [0, 0.1) is 11.2 Å². The summed E-state index contributed by atoms with van der Waals surface area (Å²) in [6.45, 7) is 0.423. The molecule has 4 nitrogen and oxygen atoms in total. The number of hydrogen-bond donors (Lipinski definition) is 2. The molecule has 0 spiro atoms. The molecule has 0 aliphatic heterocycles. The maximum absolute atomic E-state index is 12.9. The fraction of sp³-hybridized carbons (Fsp3) is 0.500. The first-order valence-corrected chi connectivity index (χ1v) is 7.67. The third-order valence-electron chi connectivity index (χ3n) is 3.83. The molecule has 1 saturated carbocycles. The Labute approximate surface area is 106 Å². The Morgan fingerprint density at radius 3 is 2.06 bits per heavy atom. The van der Waals surface area contributed by atoms with Crippen molar-refractivity contribution >= 4 is 9.84 Å². The van der Waals surface area contributed by atoms with Gasteiger partial charge >= 0.3 is 0 Å². The van der Waals surface area contributed by atoms with Crippen molar-refractivity contribution in [1.29, 1.82) is 0 Å². The van der Waals surface area contributed by atoms with Crippen molar-refractivity contribution in [2.24, 2.45) is 16.9 Å². The van der Waals surface area contributed by atoms with Crippen molar-refractivity contribution in [2.75, 3.05) is 19.3 Å². The molecule has 18 heavy (non-hydrogen) atoms. The van der Waals surface area contributed by atoms with E-state index >= 15 is 0 Å². The van der Waals surface area contributed by atoms with Gasteiger partial charge in [-0.25, -0.2) is 12.8 Å². The van der Waals surface area contributed by atoms with Crippen LogP contribution in [-0.2, 0) is 9.84 Å². The van der Waals surface area contributed by atoms with Gasteiger partial charge in [-0.05, 0) is 17.7 Å². The monoisotopic (exact) mass is 272 g/mol. The highest BCUT2D eigenvalue weighted by Crippen LogP contribution is 2.61. The summed E-state index contributed by atoms with van der Waals surface area (Å²) >= 11 is 0. The average molecular weight is 272 g/mol. The number of hydrogen-bond acceptors (Lipinski definition) is 4. The molecule has 1 aromatic carbocycles. The van der Waals surface area contributed by atoms with Gasteiger partial charge in [0.1, 0.15) is 5.82 Å². The van der Waals surface area contributed by atoms with Crippen LogP contribution in [0.3, 0.4) is 0 Å². The SMILES string of the molecule is CS(=O)(=O)C1C(c2ccc(F)cc2)C1(CN)CN. The number of benzene rings is 1. The van der Waals surface area contributed by atoms with Crippen molar-refractivity contribution in [1.82, 2.24) is 0 Å². The molecule has 0 amide bonds. The zero-order chi connectivity index (χ0) is 13.6. The number of rotatable bonds is 4. The van der Waals surface area contributed by atoms with Crippen LogP contribution in [0.2, 0.25) is 0 Å². The predicted octanol–water partition coefficient (Wildman–Crippen LogP) is 0.240. The van der Waals surface area contributed by atoms with Gasteiger partial charge in [0.25, 0.3) is 0 Å². The molecule has 6 heteroatoms. The van der Waals surface area contributed by atoms with Crippen molar-refractivity contribution in [3.63, 3.8) is 0 Å². The maximum atomic E-state index is 12.9. The van der Waals surface area contributed by atoms with E-state index in [9.17, 15) is 12.8 Å². The molecule has 2 rings (SSSR count). The van der Waals surface area contributed by atoms with E-state index in [2.05, 4.69) is 0 Å². The summed E-state index contributed by atoms with van der Waals surface area (Å²) in [7, 11) is -3.22. The van der Waals surface area contributed by atoms with Gasteiger partial charge in [0.05, 0.1) is 5.25 Å². The van der Waals surface area contributed by atoms with Gasteiger partial charge in [-0.3, -0.25) is 0 Å². The lowest BCUT2D eigenvalue weighted by atomic mass is 9.99. The second-order valence-corrected chi connectivity index (χ2v) is 7.09. The van der Waals surface area contributed by atoms with Crippen LogP contribution < -0.4 is 11.5 Å². The third-order valence-corrected chi connectivity index (χ3v) is 5.49. The summed E-state index contributed by atoms with van der Waals surface area (Å²) in [5.74, 6) is -0.579. The Morgan fingerprint density at radius 1 is 1.22 bits per heavy atom. The summed E-state index contributed by atoms with van der Waals surface area (Å²) in [5.41, 5.74) is 11.6. The van der Waals surface area contributed by atoms with E-state index in [0.29, 0.717) is 0 Å². The average Bonchev–Trinajstić information content (AvgIpc) is 3.00. The lowest BCUT2D eigenvalue weighted by molar-refractivity contribution is 0.510. The minimum atomic E-state index is -3.22. The predicted molar refractivity (Wildman–Crippen MR) is 68.3 cm³/mol. The van der Waals surface area contributed by atoms with Gasteiger partial charge in [-0.2, -0.15) is 0 Å². The molecule has 1 aromatic rings. The van der Waals surface area contributed by atoms with Gasteiger partial charge in [-0.15, -0.1) is 0 Å². The quantitative estimate of drug-likeness (QED) is 0.822. The lowest BCUT2D eigenvalue weighted by Gasteiger charge is -2.11. The third kappa shape index (κ3) is 1.94. The topological polar surface area (TPSA) is 86.2 Å². The highest BCUT2D eigenvalue weighted by atomic mass is 32.2. The summed E-state index contributed by atoms with van der Waals surface area (Å²) in [6.07, 6.45) is 1.20. The van der Waals surface area contributed by atoms with Crippen molar-refractivity contribution < 1.29 is 12.8 Å². The smallest absolute Gasteiger partial charge is 0.151 e. The van der Waals surface area contributed by atoms with E-state index < -0.39 is 20.5 Å². The van der Waals surface area contributed by atoms with Crippen LogP contribution in [0.5, 0.6) is 0 Å². The number of sulfone groups is 1. The van der Waals surface area contributed by atoms with E-state index in [1.165, 1.54) is 18.4 Å². The molecule has 0 radical (unpaired) electrons. The van der Waals surface area contributed by atoms with Crippen LogP contribution in [0.25, 0.3) is 0 Å². The molecular formula is C12H17FN2O2S. The van der Waals surface area contributed by atoms with Crippen LogP contribution in [0.15, 0.2) is 24.3 Å². The summed E-state index contributed by atoms with van der Waals surface area (Å²) < 4.78 is 36.5. The van der Waals surface area contributed by atoms with Crippen molar-refractivity contribution in [2.45, 2.75) is 11.2 Å². The molecule has 1 aliphatic rings. The number of nitrogens with two attached hydrogens (primary N) is 2. The molecule has 2 unspecified atom stereocenters. The van der Waals surface area contributed by atoms with Gasteiger partial charge in [-0.1, -0.05) is 12.1 Å². The molecule has 4 N–H and O–H groups in total. The van der Waals surface area contributed by atoms with Crippen LogP contribution in [0.4, 0.5) is 4.39 Å². The van der Waals surface area contributed by atoms with E-state index in [0.717, 1.165) is 5.56 Å². The molecule has 0 heterocycles. The van der Waals surface area contributed by atoms with E-state index in [4.69, 9.17) is 11.5 Å². The Balaban J connectivity index is 2.41. The fourth-order valence-corrected chi connectivity index (χ4v) is 4.91. The second kappa shape index (κ2) is 4.29. The Bertz CT molecular complexity index is 538. The second-order valence-electron chi connectivity index (χ2n) is 4.92. The minimum Gasteiger partial charge on any atom is -0.330 e. The van der Waals surface area contributed by atoms with Gasteiger partial charge < -0.3 is 11.5 Å². The van der Waals surface area contributed by atoms with Gasteiger partial charge in [0, 0.05) is 30.7 Å². The number of halogens is 1. The first-order chi connectivity index (χ1) is 8.36. The van der Waals surface area contributed by atoms with Gasteiger partial charge in [0.15, 0.2) is 9.84 Å². The van der Waals surface area contributed by atoms with Gasteiger partial charge in [0.2, 0.25) is 0 Å². The van der Waals surface area contributed by atoms with Crippen LogP contribution in [0.1, 0.15) is 11.5 Å².